The van der Waals surface area contributed by atoms with Crippen molar-refractivity contribution in [2.24, 2.45) is 0 Å². The Labute approximate surface area is 185 Å². The highest BCUT2D eigenvalue weighted by Crippen LogP contribution is 2.17. The first-order valence-electron chi connectivity index (χ1n) is 10.3. The van der Waals surface area contributed by atoms with Gasteiger partial charge in [-0.05, 0) is 62.4 Å². The van der Waals surface area contributed by atoms with E-state index < -0.39 is 6.04 Å². The van der Waals surface area contributed by atoms with Crippen LogP contribution in [0.5, 0.6) is 5.75 Å². The molecule has 0 spiro atoms. The number of amides is 2. The summed E-state index contributed by atoms with van der Waals surface area (Å²) < 4.78 is 6.82. The highest BCUT2D eigenvalue weighted by Gasteiger charge is 2.15. The van der Waals surface area contributed by atoms with Crippen LogP contribution in [-0.2, 0) is 9.59 Å². The zero-order valence-electron chi connectivity index (χ0n) is 17.9. The summed E-state index contributed by atoms with van der Waals surface area (Å²) in [5, 5.41) is 9.49. The van der Waals surface area contributed by atoms with E-state index in [1.54, 1.807) is 55.5 Å². The van der Waals surface area contributed by atoms with E-state index in [2.05, 4.69) is 20.7 Å². The van der Waals surface area contributed by atoms with Gasteiger partial charge >= 0.3 is 0 Å². The second-order valence-corrected chi connectivity index (χ2v) is 7.05. The average Bonchev–Trinajstić information content (AvgIpc) is 3.34. The van der Waals surface area contributed by atoms with Gasteiger partial charge in [0.1, 0.15) is 24.4 Å². The molecule has 9 nitrogen and oxygen atoms in total. The van der Waals surface area contributed by atoms with Crippen molar-refractivity contribution in [1.29, 1.82) is 0 Å². The van der Waals surface area contributed by atoms with Gasteiger partial charge in [-0.1, -0.05) is 0 Å². The zero-order valence-corrected chi connectivity index (χ0v) is 17.9. The van der Waals surface area contributed by atoms with Crippen LogP contribution in [-0.4, -0.2) is 39.0 Å². The SMILES string of the molecule is CCOc1ccc(C(=O)CCC(=O)Nc2ccc(NC(=O)C(C)n3cncn3)cc2)cc1. The summed E-state index contributed by atoms with van der Waals surface area (Å²) >= 11 is 0. The number of hydrogen-bond acceptors (Lipinski definition) is 6. The predicted octanol–water partition coefficient (Wildman–Crippen LogP) is 3.48. The van der Waals surface area contributed by atoms with E-state index in [0.717, 1.165) is 0 Å². The number of carbonyl (C=O) groups excluding carboxylic acids is 3. The van der Waals surface area contributed by atoms with Crippen LogP contribution in [0.1, 0.15) is 43.1 Å². The highest BCUT2D eigenvalue weighted by atomic mass is 16.5. The van der Waals surface area contributed by atoms with Crippen LogP contribution in [0.2, 0.25) is 0 Å². The van der Waals surface area contributed by atoms with Crippen molar-refractivity contribution in [3.05, 3.63) is 66.7 Å². The second-order valence-electron chi connectivity index (χ2n) is 7.05. The standard InChI is InChI=1S/C23H25N5O4/c1-3-32-20-10-4-17(5-11-20)21(29)12-13-22(30)26-18-6-8-19(9-7-18)27-23(31)16(2)28-15-24-14-25-28/h4-11,14-16H,3,12-13H2,1-2H3,(H,26,30)(H,27,31). The molecule has 1 atom stereocenters. The molecule has 2 aromatic carbocycles. The Bertz CT molecular complexity index is 1050. The van der Waals surface area contributed by atoms with Crippen LogP contribution < -0.4 is 15.4 Å². The smallest absolute Gasteiger partial charge is 0.249 e. The van der Waals surface area contributed by atoms with Gasteiger partial charge in [-0.15, -0.1) is 0 Å². The molecule has 166 valence electrons. The molecule has 3 rings (SSSR count). The monoisotopic (exact) mass is 435 g/mol. The molecule has 3 aromatic rings. The Morgan fingerprint density at radius 1 is 0.969 bits per heavy atom. The Hall–Kier alpha value is -4.01. The van der Waals surface area contributed by atoms with Gasteiger partial charge in [-0.2, -0.15) is 5.10 Å². The Kier molecular flexibility index (Phi) is 7.69. The summed E-state index contributed by atoms with van der Waals surface area (Å²) in [6, 6.07) is 13.1. The van der Waals surface area contributed by atoms with Gasteiger partial charge in [0.05, 0.1) is 6.61 Å². The minimum atomic E-state index is -0.509. The van der Waals surface area contributed by atoms with Crippen LogP contribution in [0.25, 0.3) is 0 Å². The number of rotatable bonds is 10. The predicted molar refractivity (Wildman–Crippen MR) is 120 cm³/mol. The molecule has 9 heteroatoms. The number of Topliss-reactive ketones (excluding diaryl/α,β-unsaturated/α-hetero) is 1. The molecule has 1 unspecified atom stereocenters. The summed E-state index contributed by atoms with van der Waals surface area (Å²) in [4.78, 5) is 40.6. The van der Waals surface area contributed by atoms with Gasteiger partial charge in [0.25, 0.3) is 0 Å². The maximum atomic E-state index is 12.3. The number of benzene rings is 2. The minimum absolute atomic E-state index is 0.0694. The topological polar surface area (TPSA) is 115 Å². The number of nitrogens with zero attached hydrogens (tertiary/aromatic N) is 3. The van der Waals surface area contributed by atoms with Gasteiger partial charge in [-0.25, -0.2) is 9.67 Å². The van der Waals surface area contributed by atoms with Crippen LogP contribution >= 0.6 is 0 Å². The number of anilines is 2. The van der Waals surface area contributed by atoms with Crippen molar-refractivity contribution < 1.29 is 19.1 Å². The number of nitrogens with one attached hydrogen (secondary N) is 2. The lowest BCUT2D eigenvalue weighted by Gasteiger charge is -2.12. The molecule has 0 aliphatic heterocycles. The van der Waals surface area contributed by atoms with Crippen molar-refractivity contribution in [2.75, 3.05) is 17.2 Å². The fourth-order valence-corrected chi connectivity index (χ4v) is 2.92. The van der Waals surface area contributed by atoms with Crippen molar-refractivity contribution in [3.8, 4) is 5.75 Å². The number of ketones is 1. The molecular weight excluding hydrogens is 410 g/mol. The molecule has 2 amide bonds. The lowest BCUT2D eigenvalue weighted by molar-refractivity contribution is -0.119. The normalized spacial score (nSPS) is 11.4. The Morgan fingerprint density at radius 3 is 2.22 bits per heavy atom. The summed E-state index contributed by atoms with van der Waals surface area (Å²) in [5.41, 5.74) is 1.71. The molecule has 0 aliphatic rings. The van der Waals surface area contributed by atoms with Crippen molar-refractivity contribution in [2.45, 2.75) is 32.7 Å². The number of aromatic nitrogens is 3. The van der Waals surface area contributed by atoms with Gasteiger partial charge in [0.2, 0.25) is 11.8 Å². The molecule has 0 fully saturated rings. The van der Waals surface area contributed by atoms with E-state index in [4.69, 9.17) is 4.74 Å². The summed E-state index contributed by atoms with van der Waals surface area (Å²) in [6.45, 7) is 4.17. The maximum absolute atomic E-state index is 12.3. The Balaban J connectivity index is 1.46. The van der Waals surface area contributed by atoms with E-state index in [1.165, 1.54) is 17.3 Å². The first kappa shape index (κ1) is 22.7. The third-order valence-electron chi connectivity index (χ3n) is 4.72. The fourth-order valence-electron chi connectivity index (χ4n) is 2.92. The molecule has 0 radical (unpaired) electrons. The quantitative estimate of drug-likeness (QED) is 0.471. The number of hydrogen-bond donors (Lipinski definition) is 2. The number of carbonyl (C=O) groups is 3. The van der Waals surface area contributed by atoms with Crippen molar-refractivity contribution >= 4 is 29.0 Å². The first-order valence-corrected chi connectivity index (χ1v) is 10.3. The first-order chi connectivity index (χ1) is 15.5. The average molecular weight is 435 g/mol. The Morgan fingerprint density at radius 2 is 1.62 bits per heavy atom. The summed E-state index contributed by atoms with van der Waals surface area (Å²) in [7, 11) is 0. The van der Waals surface area contributed by atoms with Gasteiger partial charge in [0.15, 0.2) is 5.78 Å². The van der Waals surface area contributed by atoms with Gasteiger partial charge < -0.3 is 15.4 Å². The third-order valence-corrected chi connectivity index (χ3v) is 4.72. The highest BCUT2D eigenvalue weighted by molar-refractivity contribution is 6.00. The summed E-state index contributed by atoms with van der Waals surface area (Å²) in [5.74, 6) is 0.0954. The van der Waals surface area contributed by atoms with E-state index in [9.17, 15) is 14.4 Å². The van der Waals surface area contributed by atoms with E-state index in [0.29, 0.717) is 29.3 Å². The van der Waals surface area contributed by atoms with Gasteiger partial charge in [-0.3, -0.25) is 14.4 Å². The van der Waals surface area contributed by atoms with Crippen molar-refractivity contribution in [3.63, 3.8) is 0 Å². The summed E-state index contributed by atoms with van der Waals surface area (Å²) in [6.07, 6.45) is 3.02. The molecular formula is C23H25N5O4. The molecule has 1 heterocycles. The van der Waals surface area contributed by atoms with Crippen LogP contribution in [0.3, 0.4) is 0 Å². The van der Waals surface area contributed by atoms with Crippen LogP contribution in [0, 0.1) is 0 Å². The maximum Gasteiger partial charge on any atom is 0.249 e. The van der Waals surface area contributed by atoms with Crippen LogP contribution in [0.15, 0.2) is 61.2 Å². The van der Waals surface area contributed by atoms with E-state index in [1.807, 2.05) is 6.92 Å². The molecule has 0 bridgehead atoms. The molecule has 2 N–H and O–H groups in total. The van der Waals surface area contributed by atoms with E-state index in [-0.39, 0.29) is 30.4 Å². The second kappa shape index (κ2) is 10.9. The fraction of sp³-hybridized carbons (Fsp3) is 0.261. The molecule has 0 saturated carbocycles. The van der Waals surface area contributed by atoms with Crippen molar-refractivity contribution in [1.82, 2.24) is 14.8 Å². The van der Waals surface area contributed by atoms with Gasteiger partial charge in [0, 0.05) is 29.8 Å². The lowest BCUT2D eigenvalue weighted by Crippen LogP contribution is -2.24. The molecule has 0 saturated heterocycles. The molecule has 32 heavy (non-hydrogen) atoms. The largest absolute Gasteiger partial charge is 0.494 e. The minimum Gasteiger partial charge on any atom is -0.494 e. The lowest BCUT2D eigenvalue weighted by atomic mass is 10.1. The number of ether oxygens (including phenoxy) is 1. The third kappa shape index (κ3) is 6.24. The zero-order chi connectivity index (χ0) is 22.9. The van der Waals surface area contributed by atoms with Crippen LogP contribution in [0.4, 0.5) is 11.4 Å². The molecule has 1 aromatic heterocycles. The molecule has 0 aliphatic carbocycles. The van der Waals surface area contributed by atoms with E-state index >= 15 is 0 Å².